The minimum absolute atomic E-state index is 0.0968. The van der Waals surface area contributed by atoms with E-state index in [0.29, 0.717) is 0 Å². The Kier molecular flexibility index (Phi) is 3.67. The smallest absolute Gasteiger partial charge is 0.345 e. The molecule has 2 atom stereocenters. The van der Waals surface area contributed by atoms with E-state index in [1.807, 2.05) is 0 Å². The summed E-state index contributed by atoms with van der Waals surface area (Å²) in [5.74, 6) is 0. The molecular weight excluding hydrogens is 450 g/mol. The molecule has 11 heteroatoms. The van der Waals surface area contributed by atoms with E-state index < -0.39 is 34.9 Å². The topological polar surface area (TPSA) is 59.1 Å². The fraction of sp³-hybridized carbons (Fsp3) is 0.182. The average molecular weight is 462 g/mol. The highest BCUT2D eigenvalue weighted by molar-refractivity contribution is 5.98. The number of benzene rings is 2. The van der Waals surface area contributed by atoms with Gasteiger partial charge in [-0.2, -0.15) is 26.3 Å². The lowest BCUT2D eigenvalue weighted by atomic mass is 9.86. The normalized spacial score (nSPS) is 24.1. The first-order valence-electron chi connectivity index (χ1n) is 9.74. The summed E-state index contributed by atoms with van der Waals surface area (Å²) in [5, 5.41) is 4.74. The Hall–Kier alpha value is -3.60. The minimum atomic E-state index is -5.29. The van der Waals surface area contributed by atoms with Crippen molar-refractivity contribution in [2.45, 2.75) is 23.8 Å². The molecule has 2 unspecified atom stereocenters. The van der Waals surface area contributed by atoms with Crippen LogP contribution in [0, 0.1) is 0 Å². The molecule has 6 rings (SSSR count). The number of rotatable bonds is 0. The van der Waals surface area contributed by atoms with Gasteiger partial charge in [0.1, 0.15) is 0 Å². The zero-order valence-corrected chi connectivity index (χ0v) is 16.3. The second-order valence-corrected chi connectivity index (χ2v) is 7.84. The molecule has 4 heterocycles. The number of anilines is 2. The van der Waals surface area contributed by atoms with Crippen LogP contribution in [0.1, 0.15) is 11.1 Å². The predicted octanol–water partition coefficient (Wildman–Crippen LogP) is 5.78. The van der Waals surface area contributed by atoms with Gasteiger partial charge in [0.05, 0.1) is 33.5 Å². The number of ether oxygens (including phenoxy) is 1. The summed E-state index contributed by atoms with van der Waals surface area (Å²) in [6, 6.07) is 12.0. The molecule has 0 amide bonds. The number of aromatic nitrogens is 2. The molecule has 2 aliphatic heterocycles. The van der Waals surface area contributed by atoms with Gasteiger partial charge in [0.2, 0.25) is 0 Å². The number of pyridine rings is 2. The Morgan fingerprint density at radius 3 is 1.42 bits per heavy atom. The molecule has 0 saturated heterocycles. The Morgan fingerprint density at radius 2 is 1.03 bits per heavy atom. The van der Waals surface area contributed by atoms with Crippen molar-refractivity contribution in [2.24, 2.45) is 0 Å². The molecule has 2 N–H and O–H groups in total. The highest BCUT2D eigenvalue weighted by atomic mass is 19.4. The van der Waals surface area contributed by atoms with Gasteiger partial charge in [-0.15, -0.1) is 0 Å². The minimum Gasteiger partial charge on any atom is -0.345 e. The molecule has 2 aliphatic rings. The Labute approximate surface area is 181 Å². The zero-order chi connectivity index (χ0) is 23.2. The van der Waals surface area contributed by atoms with Gasteiger partial charge < -0.3 is 15.4 Å². The summed E-state index contributed by atoms with van der Waals surface area (Å²) in [4.78, 5) is 8.10. The van der Waals surface area contributed by atoms with Crippen LogP contribution < -0.4 is 10.6 Å². The maximum absolute atomic E-state index is 14.7. The summed E-state index contributed by atoms with van der Waals surface area (Å²) in [7, 11) is 0. The van der Waals surface area contributed by atoms with Crippen LogP contribution in [0.5, 0.6) is 0 Å². The standard InChI is InChI=1S/C22H12F6N4O/c23-21(24,25)19-13-9-29-15-7-3-1-5-11(15)17(13)31-20(33-19,22(26,27)28)14-10-30-16-8-4-2-6-12(16)18(14)32-19/h1-10,31-32H. The van der Waals surface area contributed by atoms with Crippen LogP contribution in [0.4, 0.5) is 37.7 Å². The van der Waals surface area contributed by atoms with Crippen molar-refractivity contribution in [2.75, 3.05) is 10.6 Å². The summed E-state index contributed by atoms with van der Waals surface area (Å²) < 4.78 is 93.3. The number of fused-ring (bicyclic) bond motifs is 10. The summed E-state index contributed by atoms with van der Waals surface area (Å²) in [6.45, 7) is 0. The van der Waals surface area contributed by atoms with Crippen LogP contribution in [0.15, 0.2) is 60.9 Å². The van der Waals surface area contributed by atoms with Crippen molar-refractivity contribution in [3.8, 4) is 0 Å². The summed E-state index contributed by atoms with van der Waals surface area (Å²) >= 11 is 0. The zero-order valence-electron chi connectivity index (χ0n) is 16.3. The molecule has 0 fully saturated rings. The van der Waals surface area contributed by atoms with E-state index in [4.69, 9.17) is 4.74 Å². The molecule has 4 aromatic rings. The van der Waals surface area contributed by atoms with E-state index in [1.54, 1.807) is 12.1 Å². The van der Waals surface area contributed by atoms with E-state index in [2.05, 4.69) is 20.6 Å². The monoisotopic (exact) mass is 462 g/mol. The summed E-state index contributed by atoms with van der Waals surface area (Å²) in [6.07, 6.45) is -8.79. The van der Waals surface area contributed by atoms with Gasteiger partial charge in [-0.25, -0.2) is 0 Å². The van der Waals surface area contributed by atoms with E-state index >= 15 is 0 Å². The summed E-state index contributed by atoms with van der Waals surface area (Å²) in [5.41, 5.74) is -8.50. The molecule has 0 radical (unpaired) electrons. The van der Waals surface area contributed by atoms with E-state index in [9.17, 15) is 26.3 Å². The van der Waals surface area contributed by atoms with Crippen molar-refractivity contribution >= 4 is 33.2 Å². The third-order valence-electron chi connectivity index (χ3n) is 6.02. The number of para-hydroxylation sites is 2. The first-order valence-corrected chi connectivity index (χ1v) is 9.74. The molecule has 2 aromatic heterocycles. The number of hydrogen-bond acceptors (Lipinski definition) is 5. The fourth-order valence-corrected chi connectivity index (χ4v) is 4.53. The lowest BCUT2D eigenvalue weighted by Gasteiger charge is -2.54. The first-order chi connectivity index (χ1) is 15.6. The van der Waals surface area contributed by atoms with Crippen molar-refractivity contribution in [3.63, 3.8) is 0 Å². The lowest BCUT2D eigenvalue weighted by Crippen LogP contribution is -2.67. The average Bonchev–Trinajstić information content (AvgIpc) is 2.77. The maximum atomic E-state index is 14.7. The highest BCUT2D eigenvalue weighted by Crippen LogP contribution is 2.62. The van der Waals surface area contributed by atoms with Crippen LogP contribution in [-0.4, -0.2) is 22.3 Å². The van der Waals surface area contributed by atoms with Crippen LogP contribution in [-0.2, 0) is 16.2 Å². The van der Waals surface area contributed by atoms with Crippen molar-refractivity contribution < 1.29 is 31.1 Å². The third kappa shape index (κ3) is 2.42. The van der Waals surface area contributed by atoms with Crippen molar-refractivity contribution in [3.05, 3.63) is 72.1 Å². The highest BCUT2D eigenvalue weighted by Gasteiger charge is 2.74. The first kappa shape index (κ1) is 20.0. The Bertz CT molecular complexity index is 1340. The molecule has 0 spiro atoms. The van der Waals surface area contributed by atoms with Gasteiger partial charge in [0.25, 0.3) is 11.4 Å². The van der Waals surface area contributed by atoms with E-state index in [-0.39, 0.29) is 33.2 Å². The quantitative estimate of drug-likeness (QED) is 0.325. The van der Waals surface area contributed by atoms with Crippen LogP contribution in [0.2, 0.25) is 0 Å². The number of halogens is 6. The molecule has 5 nitrogen and oxygen atoms in total. The second kappa shape index (κ2) is 6.04. The van der Waals surface area contributed by atoms with Gasteiger partial charge in [-0.1, -0.05) is 36.4 Å². The predicted molar refractivity (Wildman–Crippen MR) is 107 cm³/mol. The molecule has 33 heavy (non-hydrogen) atoms. The number of nitrogens with zero attached hydrogens (tertiary/aromatic N) is 2. The molecule has 0 aliphatic carbocycles. The third-order valence-corrected chi connectivity index (χ3v) is 6.02. The van der Waals surface area contributed by atoms with Gasteiger partial charge in [0, 0.05) is 23.2 Å². The Morgan fingerprint density at radius 1 is 0.636 bits per heavy atom. The second-order valence-electron chi connectivity index (χ2n) is 7.84. The number of alkyl halides is 6. The van der Waals surface area contributed by atoms with Crippen molar-refractivity contribution in [1.82, 2.24) is 9.97 Å². The van der Waals surface area contributed by atoms with Gasteiger partial charge >= 0.3 is 12.4 Å². The van der Waals surface area contributed by atoms with E-state index in [1.165, 1.54) is 36.4 Å². The molecule has 2 aromatic carbocycles. The number of hydrogen-bond donors (Lipinski definition) is 2. The largest absolute Gasteiger partial charge is 0.441 e. The Balaban J connectivity index is 1.79. The van der Waals surface area contributed by atoms with Gasteiger partial charge in [-0.05, 0) is 12.1 Å². The lowest BCUT2D eigenvalue weighted by molar-refractivity contribution is -0.369. The van der Waals surface area contributed by atoms with Crippen LogP contribution >= 0.6 is 0 Å². The molecular formula is C22H12F6N4O. The van der Waals surface area contributed by atoms with Gasteiger partial charge in [-0.3, -0.25) is 9.97 Å². The van der Waals surface area contributed by atoms with Crippen molar-refractivity contribution in [1.29, 1.82) is 0 Å². The van der Waals surface area contributed by atoms with E-state index in [0.717, 1.165) is 12.4 Å². The number of nitrogens with one attached hydrogen (secondary N) is 2. The van der Waals surface area contributed by atoms with Gasteiger partial charge in [0.15, 0.2) is 0 Å². The SMILES string of the molecule is FC(F)(F)C12Nc3c(cnc4ccccc34)C(C(F)(F)F)(Nc3c1cnc1ccccc31)O2. The van der Waals surface area contributed by atoms with Crippen LogP contribution in [0.3, 0.4) is 0 Å². The maximum Gasteiger partial charge on any atom is 0.441 e. The fourth-order valence-electron chi connectivity index (χ4n) is 4.53. The molecule has 2 bridgehead atoms. The molecule has 168 valence electrons. The van der Waals surface area contributed by atoms with Crippen LogP contribution in [0.25, 0.3) is 21.8 Å². The molecule has 0 saturated carbocycles.